The van der Waals surface area contributed by atoms with E-state index < -0.39 is 0 Å². The normalized spacial score (nSPS) is 15.2. The average Bonchev–Trinajstić information content (AvgIpc) is 2.83. The highest BCUT2D eigenvalue weighted by atomic mass is 16.3. The third-order valence-electron chi connectivity index (χ3n) is 3.81. The van der Waals surface area contributed by atoms with E-state index in [4.69, 9.17) is 0 Å². The van der Waals surface area contributed by atoms with E-state index in [2.05, 4.69) is 0 Å². The van der Waals surface area contributed by atoms with Crippen LogP contribution in [0.2, 0.25) is 0 Å². The summed E-state index contributed by atoms with van der Waals surface area (Å²) in [6, 6.07) is 17.5. The number of hydrogen-bond donors (Lipinski definition) is 1. The van der Waals surface area contributed by atoms with Crippen LogP contribution in [0, 0.1) is 0 Å². The van der Waals surface area contributed by atoms with Gasteiger partial charge in [0.25, 0.3) is 5.91 Å². The van der Waals surface area contributed by atoms with Crippen molar-refractivity contribution in [2.45, 2.75) is 19.0 Å². The van der Waals surface area contributed by atoms with Crippen LogP contribution in [0.3, 0.4) is 0 Å². The van der Waals surface area contributed by atoms with Gasteiger partial charge >= 0.3 is 0 Å². The van der Waals surface area contributed by atoms with Gasteiger partial charge in [-0.2, -0.15) is 0 Å². The molecule has 0 radical (unpaired) electrons. The number of nitrogens with zero attached hydrogens (tertiary/aromatic N) is 1. The van der Waals surface area contributed by atoms with Crippen LogP contribution >= 0.6 is 0 Å². The molecule has 102 valence electrons. The van der Waals surface area contributed by atoms with Crippen LogP contribution in [-0.2, 0) is 13.0 Å². The summed E-state index contributed by atoms with van der Waals surface area (Å²) in [5, 5.41) is 9.65. The number of benzene rings is 2. The van der Waals surface area contributed by atoms with Crippen LogP contribution in [0.4, 0.5) is 0 Å². The van der Waals surface area contributed by atoms with Crippen molar-refractivity contribution in [3.63, 3.8) is 0 Å². The van der Waals surface area contributed by atoms with Crippen molar-refractivity contribution in [3.8, 4) is 0 Å². The van der Waals surface area contributed by atoms with Crippen LogP contribution in [0.25, 0.3) is 0 Å². The van der Waals surface area contributed by atoms with E-state index in [1.165, 1.54) is 0 Å². The highest BCUT2D eigenvalue weighted by Crippen LogP contribution is 2.25. The molecule has 0 unspecified atom stereocenters. The SMILES string of the molecule is O=C1c2ccccc2CN1[C@H](CO)Cc1ccccc1. The zero-order valence-corrected chi connectivity index (χ0v) is 11.2. The van der Waals surface area contributed by atoms with Gasteiger partial charge in [-0.1, -0.05) is 48.5 Å². The lowest BCUT2D eigenvalue weighted by atomic mass is 10.1. The molecule has 2 aromatic carbocycles. The molecule has 3 nitrogen and oxygen atoms in total. The van der Waals surface area contributed by atoms with Crippen LogP contribution in [0.15, 0.2) is 54.6 Å². The van der Waals surface area contributed by atoms with Crippen LogP contribution in [-0.4, -0.2) is 28.6 Å². The molecule has 1 aliphatic heterocycles. The molecular weight excluding hydrogens is 250 g/mol. The maximum absolute atomic E-state index is 12.4. The van der Waals surface area contributed by atoms with Crippen LogP contribution in [0.5, 0.6) is 0 Å². The van der Waals surface area contributed by atoms with Gasteiger partial charge < -0.3 is 10.0 Å². The predicted molar refractivity (Wildman–Crippen MR) is 77.3 cm³/mol. The molecule has 2 aromatic rings. The number of hydrogen-bond acceptors (Lipinski definition) is 2. The van der Waals surface area contributed by atoms with Crippen molar-refractivity contribution in [2.24, 2.45) is 0 Å². The minimum Gasteiger partial charge on any atom is -0.394 e. The maximum atomic E-state index is 12.4. The second-order valence-corrected chi connectivity index (χ2v) is 5.12. The molecule has 1 amide bonds. The molecule has 3 rings (SSSR count). The van der Waals surface area contributed by atoms with E-state index in [1.807, 2.05) is 54.6 Å². The highest BCUT2D eigenvalue weighted by Gasteiger charge is 2.31. The van der Waals surface area contributed by atoms with Crippen molar-refractivity contribution in [3.05, 3.63) is 71.3 Å². The standard InChI is InChI=1S/C17H17NO2/c19-12-15(10-13-6-2-1-3-7-13)18-11-14-8-4-5-9-16(14)17(18)20/h1-9,15,19H,10-12H2/t15-/m0/s1. The molecule has 1 N–H and O–H groups in total. The Bertz CT molecular complexity index is 609. The summed E-state index contributed by atoms with van der Waals surface area (Å²) in [6.45, 7) is 0.571. The van der Waals surface area contributed by atoms with Gasteiger partial charge in [-0.15, -0.1) is 0 Å². The molecule has 0 saturated carbocycles. The predicted octanol–water partition coefficient (Wildman–Crippen LogP) is 2.25. The first kappa shape index (κ1) is 12.9. The Morgan fingerprint density at radius 3 is 2.45 bits per heavy atom. The topological polar surface area (TPSA) is 40.5 Å². The zero-order chi connectivity index (χ0) is 13.9. The van der Waals surface area contributed by atoms with E-state index in [9.17, 15) is 9.90 Å². The Kier molecular flexibility index (Phi) is 3.52. The molecule has 0 aliphatic carbocycles. The first-order chi connectivity index (χ1) is 9.79. The fourth-order valence-electron chi connectivity index (χ4n) is 2.73. The third-order valence-corrected chi connectivity index (χ3v) is 3.81. The summed E-state index contributed by atoms with van der Waals surface area (Å²) < 4.78 is 0. The van der Waals surface area contributed by atoms with Crippen LogP contribution in [0.1, 0.15) is 21.5 Å². The molecule has 0 aromatic heterocycles. The Labute approximate surface area is 118 Å². The van der Waals surface area contributed by atoms with E-state index >= 15 is 0 Å². The van der Waals surface area contributed by atoms with Crippen LogP contribution < -0.4 is 0 Å². The minimum atomic E-state index is -0.169. The van der Waals surface area contributed by atoms with Gasteiger partial charge in [0.15, 0.2) is 0 Å². The summed E-state index contributed by atoms with van der Waals surface area (Å²) >= 11 is 0. The van der Waals surface area contributed by atoms with Gasteiger partial charge in [0.2, 0.25) is 0 Å². The van der Waals surface area contributed by atoms with E-state index in [0.717, 1.165) is 16.7 Å². The molecule has 1 heterocycles. The highest BCUT2D eigenvalue weighted by molar-refractivity contribution is 5.98. The van der Waals surface area contributed by atoms with Gasteiger partial charge in [0, 0.05) is 12.1 Å². The first-order valence-corrected chi connectivity index (χ1v) is 6.83. The summed E-state index contributed by atoms with van der Waals surface area (Å²) in [7, 11) is 0. The second-order valence-electron chi connectivity index (χ2n) is 5.12. The van der Waals surface area contributed by atoms with E-state index in [0.29, 0.717) is 13.0 Å². The van der Waals surface area contributed by atoms with Gasteiger partial charge in [-0.25, -0.2) is 0 Å². The number of carbonyl (C=O) groups excluding carboxylic acids is 1. The summed E-state index contributed by atoms with van der Waals surface area (Å²) in [6.07, 6.45) is 0.678. The monoisotopic (exact) mass is 267 g/mol. The Hall–Kier alpha value is -2.13. The molecule has 0 saturated heterocycles. The summed E-state index contributed by atoms with van der Waals surface area (Å²) in [5.74, 6) is 0.0237. The zero-order valence-electron chi connectivity index (χ0n) is 11.2. The lowest BCUT2D eigenvalue weighted by molar-refractivity contribution is 0.0618. The van der Waals surface area contributed by atoms with Crippen molar-refractivity contribution >= 4 is 5.91 Å². The number of amides is 1. The van der Waals surface area contributed by atoms with Gasteiger partial charge in [-0.3, -0.25) is 4.79 Å². The molecule has 3 heteroatoms. The number of carbonyl (C=O) groups is 1. The fraction of sp³-hybridized carbons (Fsp3) is 0.235. The Balaban J connectivity index is 1.80. The average molecular weight is 267 g/mol. The quantitative estimate of drug-likeness (QED) is 0.923. The lowest BCUT2D eigenvalue weighted by Gasteiger charge is -2.26. The minimum absolute atomic E-state index is 0.0192. The Morgan fingerprint density at radius 2 is 1.75 bits per heavy atom. The van der Waals surface area contributed by atoms with E-state index in [-0.39, 0.29) is 18.6 Å². The number of aliphatic hydroxyl groups excluding tert-OH is 1. The molecular formula is C17H17NO2. The maximum Gasteiger partial charge on any atom is 0.254 e. The fourth-order valence-corrected chi connectivity index (χ4v) is 2.73. The summed E-state index contributed by atoms with van der Waals surface area (Å²) in [4.78, 5) is 14.2. The van der Waals surface area contributed by atoms with Crippen molar-refractivity contribution in [1.29, 1.82) is 0 Å². The molecule has 0 bridgehead atoms. The third kappa shape index (κ3) is 2.32. The molecule has 0 fully saturated rings. The molecule has 20 heavy (non-hydrogen) atoms. The van der Waals surface area contributed by atoms with Gasteiger partial charge in [0.1, 0.15) is 0 Å². The molecule has 0 spiro atoms. The molecule has 1 atom stereocenters. The number of aliphatic hydroxyl groups is 1. The summed E-state index contributed by atoms with van der Waals surface area (Å²) in [5.41, 5.74) is 2.94. The van der Waals surface area contributed by atoms with Gasteiger partial charge in [0.05, 0.1) is 12.6 Å². The lowest BCUT2D eigenvalue weighted by Crippen LogP contribution is -2.39. The van der Waals surface area contributed by atoms with Gasteiger partial charge in [-0.05, 0) is 23.6 Å². The first-order valence-electron chi connectivity index (χ1n) is 6.83. The second kappa shape index (κ2) is 5.47. The van der Waals surface area contributed by atoms with Crippen molar-refractivity contribution in [1.82, 2.24) is 4.90 Å². The van der Waals surface area contributed by atoms with Crippen molar-refractivity contribution < 1.29 is 9.90 Å². The number of rotatable bonds is 4. The van der Waals surface area contributed by atoms with Crippen molar-refractivity contribution in [2.75, 3.05) is 6.61 Å². The number of fused-ring (bicyclic) bond motifs is 1. The largest absolute Gasteiger partial charge is 0.394 e. The Morgan fingerprint density at radius 1 is 1.05 bits per heavy atom. The van der Waals surface area contributed by atoms with E-state index in [1.54, 1.807) is 4.90 Å². The smallest absolute Gasteiger partial charge is 0.254 e. The molecule has 1 aliphatic rings.